The van der Waals surface area contributed by atoms with E-state index in [1.54, 1.807) is 0 Å². The van der Waals surface area contributed by atoms with Crippen LogP contribution in [0.5, 0.6) is 0 Å². The summed E-state index contributed by atoms with van der Waals surface area (Å²) in [6, 6.07) is 0. The summed E-state index contributed by atoms with van der Waals surface area (Å²) in [5, 5.41) is 0. The summed E-state index contributed by atoms with van der Waals surface area (Å²) in [5.74, 6) is 0. The van der Waals surface area contributed by atoms with Crippen molar-refractivity contribution >= 4 is 47.0 Å². The first-order valence-corrected chi connectivity index (χ1v) is 22.2. The molecule has 4 aromatic carbocycles. The van der Waals surface area contributed by atoms with Gasteiger partial charge in [-0.2, -0.15) is 0 Å². The van der Waals surface area contributed by atoms with Gasteiger partial charge in [-0.05, 0) is 245 Å². The molecule has 0 aromatic heterocycles. The van der Waals surface area contributed by atoms with Crippen molar-refractivity contribution in [2.45, 2.75) is 128 Å². The second-order valence-electron chi connectivity index (χ2n) is 14.2. The molecule has 5 rings (SSSR count). The Kier molecular flexibility index (Phi) is 11.3. The van der Waals surface area contributed by atoms with Crippen molar-refractivity contribution in [1.82, 2.24) is 0 Å². The Morgan fingerprint density at radius 3 is 0.458 bits per heavy atom. The molecule has 0 N–H and O–H groups in total. The molecule has 4 aromatic rings. The molecule has 0 radical (unpaired) electrons. The minimum absolute atomic E-state index is 0.983. The van der Waals surface area contributed by atoms with Gasteiger partial charge in [0.05, 0.1) is 0 Å². The van der Waals surface area contributed by atoms with E-state index >= 15 is 0 Å². The van der Waals surface area contributed by atoms with Crippen LogP contribution in [0.2, 0.25) is 0 Å². The smallest absolute Gasteiger partial charge is 0.0133 e. The maximum absolute atomic E-state index is 2.42. The molecule has 0 fully saturated rings. The van der Waals surface area contributed by atoms with Gasteiger partial charge in [-0.25, -0.2) is 0 Å². The van der Waals surface area contributed by atoms with Crippen molar-refractivity contribution in [3.63, 3.8) is 0 Å². The Hall–Kier alpha value is -1.72. The predicted octanol–water partition coefficient (Wildman–Crippen LogP) is 13.0. The lowest BCUT2D eigenvalue weighted by Crippen LogP contribution is -2.14. The van der Waals surface area contributed by atoms with Crippen molar-refractivity contribution in [1.29, 1.82) is 0 Å². The van der Waals surface area contributed by atoms with Gasteiger partial charge in [0.15, 0.2) is 0 Å². The minimum atomic E-state index is 0.983. The Labute approximate surface area is 309 Å². The number of rotatable bonds is 4. The molecule has 0 heterocycles. The summed E-state index contributed by atoms with van der Waals surface area (Å²) in [7, 11) is 0. The lowest BCUT2D eigenvalue weighted by Gasteiger charge is -2.29. The van der Waals surface area contributed by atoms with Gasteiger partial charge in [0.2, 0.25) is 0 Å². The molecule has 0 nitrogen and oxygen atoms in total. The summed E-state index contributed by atoms with van der Waals surface area (Å²) in [6.45, 7) is 28.8. The van der Waals surface area contributed by atoms with Gasteiger partial charge < -0.3 is 0 Å². The maximum Gasteiger partial charge on any atom is 0.0133 e. The number of hydrogen-bond donors (Lipinski definition) is 0. The van der Waals surface area contributed by atoms with E-state index in [9.17, 15) is 0 Å². The predicted molar refractivity (Wildman–Crippen MR) is 221 cm³/mol. The first-order chi connectivity index (χ1) is 22.7. The molecular weight excluding hydrogens is 657 g/mol. The minimum Gasteiger partial charge on any atom is -0.129 e. The lowest BCUT2D eigenvalue weighted by molar-refractivity contribution is 0.928. The van der Waals surface area contributed by atoms with Crippen LogP contribution in [-0.2, 0) is 25.7 Å². The van der Waals surface area contributed by atoms with Crippen LogP contribution in [0, 0.1) is 83.1 Å². The summed E-state index contributed by atoms with van der Waals surface area (Å²) in [6.07, 6.45) is 13.0. The number of benzene rings is 4. The van der Waals surface area contributed by atoms with E-state index in [4.69, 9.17) is 0 Å². The highest BCUT2D eigenvalue weighted by Crippen LogP contribution is 2.44. The Morgan fingerprint density at radius 2 is 0.354 bits per heavy atom. The number of hydrogen-bond acceptors (Lipinski definition) is 4. The first-order valence-electron chi connectivity index (χ1n) is 17.3. The van der Waals surface area contributed by atoms with Gasteiger partial charge in [-0.1, -0.05) is 0 Å². The second-order valence-corrected chi connectivity index (χ2v) is 17.4. The summed E-state index contributed by atoms with van der Waals surface area (Å²) in [5.41, 5.74) is 30.0. The van der Waals surface area contributed by atoms with Crippen LogP contribution in [0.15, 0.2) is 19.6 Å². The first kappa shape index (κ1) is 37.5. The Bertz CT molecular complexity index is 1570. The normalized spacial score (nSPS) is 13.0. The highest BCUT2D eigenvalue weighted by molar-refractivity contribution is 7.99. The van der Waals surface area contributed by atoms with E-state index < -0.39 is 0 Å². The third kappa shape index (κ3) is 5.93. The summed E-state index contributed by atoms with van der Waals surface area (Å²) >= 11 is 7.73. The van der Waals surface area contributed by atoms with Crippen molar-refractivity contribution in [2.24, 2.45) is 0 Å². The molecule has 0 saturated carbocycles. The van der Waals surface area contributed by atoms with Crippen LogP contribution in [0.3, 0.4) is 0 Å². The zero-order valence-electron chi connectivity index (χ0n) is 32.5. The van der Waals surface area contributed by atoms with Crippen LogP contribution in [0.25, 0.3) is 0 Å². The van der Waals surface area contributed by atoms with E-state index in [-0.39, 0.29) is 0 Å². The molecule has 1 aliphatic carbocycles. The molecule has 0 aliphatic heterocycles. The zero-order valence-corrected chi connectivity index (χ0v) is 35.7. The summed E-state index contributed by atoms with van der Waals surface area (Å²) < 4.78 is 0. The molecule has 1 aliphatic rings. The molecule has 4 heteroatoms. The zero-order chi connectivity index (χ0) is 35.5. The molecular formula is C44H56S4. The fraction of sp³-hybridized carbons (Fsp3) is 0.455. The van der Waals surface area contributed by atoms with Gasteiger partial charge in [0, 0.05) is 19.6 Å². The van der Waals surface area contributed by atoms with Crippen LogP contribution >= 0.6 is 47.0 Å². The third-order valence-electron chi connectivity index (χ3n) is 12.2. The molecule has 256 valence electrons. The van der Waals surface area contributed by atoms with Gasteiger partial charge in [-0.3, -0.25) is 0 Å². The molecule has 0 atom stereocenters. The number of thioether (sulfide) groups is 4. The van der Waals surface area contributed by atoms with Gasteiger partial charge >= 0.3 is 0 Å². The van der Waals surface area contributed by atoms with Crippen molar-refractivity contribution in [3.05, 3.63) is 111 Å². The average molecular weight is 713 g/mol. The van der Waals surface area contributed by atoms with Crippen LogP contribution in [-0.4, -0.2) is 25.0 Å². The van der Waals surface area contributed by atoms with E-state index in [0.717, 1.165) is 25.7 Å². The monoisotopic (exact) mass is 712 g/mol. The quantitative estimate of drug-likeness (QED) is 0.170. The van der Waals surface area contributed by atoms with Crippen LogP contribution in [0.1, 0.15) is 111 Å². The fourth-order valence-corrected chi connectivity index (χ4v) is 12.7. The highest BCUT2D eigenvalue weighted by atomic mass is 32.2. The van der Waals surface area contributed by atoms with Gasteiger partial charge in [-0.15, -0.1) is 47.0 Å². The Morgan fingerprint density at radius 1 is 0.229 bits per heavy atom. The standard InChI is InChI=1S/C44H56S4/c1-21-33-17-35-22(2)37(29(9)42(46-14)27(35)7)19-39-24(4)40(32(12)44(48-16)31(39)11)20-38-23(3)36(28(8)43(47-15)30(38)10)18-34(21)26(6)41(45-13)25(33)5/h17-20H2,1-16H3. The van der Waals surface area contributed by atoms with Crippen molar-refractivity contribution in [3.8, 4) is 0 Å². The van der Waals surface area contributed by atoms with Crippen molar-refractivity contribution in [2.75, 3.05) is 25.0 Å². The largest absolute Gasteiger partial charge is 0.129 e. The van der Waals surface area contributed by atoms with E-state index in [1.807, 2.05) is 47.0 Å². The van der Waals surface area contributed by atoms with Gasteiger partial charge in [0.1, 0.15) is 0 Å². The van der Waals surface area contributed by atoms with E-state index in [0.29, 0.717) is 0 Å². The highest BCUT2D eigenvalue weighted by Gasteiger charge is 2.27. The van der Waals surface area contributed by atoms with E-state index in [2.05, 4.69) is 108 Å². The van der Waals surface area contributed by atoms with Gasteiger partial charge in [0.25, 0.3) is 0 Å². The second kappa shape index (κ2) is 14.5. The number of fused-ring (bicyclic) bond motifs is 8. The van der Waals surface area contributed by atoms with Crippen LogP contribution < -0.4 is 0 Å². The lowest BCUT2D eigenvalue weighted by atomic mass is 9.79. The molecule has 0 spiro atoms. The van der Waals surface area contributed by atoms with Crippen molar-refractivity contribution < 1.29 is 0 Å². The molecule has 0 unspecified atom stereocenters. The van der Waals surface area contributed by atoms with E-state index in [1.165, 1.54) is 131 Å². The molecule has 48 heavy (non-hydrogen) atoms. The molecule has 0 saturated heterocycles. The maximum atomic E-state index is 2.42. The topological polar surface area (TPSA) is 0 Å². The van der Waals surface area contributed by atoms with Crippen LogP contribution in [0.4, 0.5) is 0 Å². The third-order valence-corrected chi connectivity index (χ3v) is 16.3. The average Bonchev–Trinajstić information content (AvgIpc) is 3.04. The fourth-order valence-electron chi connectivity index (χ4n) is 9.25. The SMILES string of the molecule is CSc1c(C)c2c(C)c(c1C)Cc1c(C)c(c(C)c(SC)c1C)Cc1c(C)c(c(C)c(SC)c1C)Cc1c(C)c(c(C)c(SC)c1C)C2. The summed E-state index contributed by atoms with van der Waals surface area (Å²) in [4.78, 5) is 5.87. The molecule has 0 amide bonds. The Balaban J connectivity index is 2.00. The molecule has 8 bridgehead atoms.